The predicted octanol–water partition coefficient (Wildman–Crippen LogP) is 4.47. The summed E-state index contributed by atoms with van der Waals surface area (Å²) < 4.78 is 2.53. The first-order valence-electron chi connectivity index (χ1n) is 5.10. The van der Waals surface area contributed by atoms with Crippen LogP contribution in [0.5, 0.6) is 0 Å². The fourth-order valence-corrected chi connectivity index (χ4v) is 2.36. The fraction of sp³-hybridized carbons (Fsp3) is 0. The van der Waals surface area contributed by atoms with Crippen molar-refractivity contribution >= 4 is 44.8 Å². The molecule has 0 aliphatic rings. The van der Waals surface area contributed by atoms with Gasteiger partial charge in [-0.3, -0.25) is 4.40 Å². The molecule has 0 aliphatic heterocycles. The Bertz CT molecular complexity index is 683. The maximum atomic E-state index is 6.02. The Morgan fingerprint density at radius 2 is 1.83 bits per heavy atom. The van der Waals surface area contributed by atoms with Gasteiger partial charge in [0.25, 0.3) is 0 Å². The number of nitrogens with zero attached hydrogens (tertiary/aromatic N) is 3. The zero-order valence-electron chi connectivity index (χ0n) is 8.94. The van der Waals surface area contributed by atoms with Crippen LogP contribution in [0, 0.1) is 0 Å². The molecule has 0 amide bonds. The number of hydrogen-bond acceptors (Lipinski definition) is 2. The number of halogens is 3. The van der Waals surface area contributed by atoms with E-state index in [9.17, 15) is 0 Å². The smallest absolute Gasteiger partial charge is 0.208 e. The van der Waals surface area contributed by atoms with E-state index in [0.29, 0.717) is 10.3 Å². The zero-order valence-corrected chi connectivity index (χ0v) is 12.0. The van der Waals surface area contributed by atoms with Gasteiger partial charge in [-0.1, -0.05) is 23.7 Å². The van der Waals surface area contributed by atoms with E-state index in [1.807, 2.05) is 30.5 Å². The number of benzene rings is 1. The molecule has 0 N–H and O–H groups in total. The lowest BCUT2D eigenvalue weighted by molar-refractivity contribution is 1.08. The molecule has 0 radical (unpaired) electrons. The average molecular weight is 343 g/mol. The molecular formula is C12H6BrCl2N3. The van der Waals surface area contributed by atoms with Crippen molar-refractivity contribution in [3.8, 4) is 11.3 Å². The summed E-state index contributed by atoms with van der Waals surface area (Å²) in [4.78, 5) is 8.57. The van der Waals surface area contributed by atoms with Crippen LogP contribution in [0.2, 0.25) is 10.3 Å². The Labute approximate surface area is 122 Å². The van der Waals surface area contributed by atoms with Crippen LogP contribution in [0.25, 0.3) is 16.9 Å². The third-order valence-corrected chi connectivity index (χ3v) is 3.63. The average Bonchev–Trinajstić information content (AvgIpc) is 2.81. The van der Waals surface area contributed by atoms with Crippen molar-refractivity contribution in [3.05, 3.63) is 51.4 Å². The summed E-state index contributed by atoms with van der Waals surface area (Å²) in [5.74, 6) is 0. The third-order valence-electron chi connectivity index (χ3n) is 2.54. The minimum atomic E-state index is 0.376. The molecule has 18 heavy (non-hydrogen) atoms. The van der Waals surface area contributed by atoms with E-state index in [-0.39, 0.29) is 0 Å². The first kappa shape index (κ1) is 12.0. The Morgan fingerprint density at radius 3 is 2.50 bits per heavy atom. The van der Waals surface area contributed by atoms with Crippen LogP contribution in [0.3, 0.4) is 0 Å². The highest BCUT2D eigenvalue weighted by atomic mass is 79.9. The summed E-state index contributed by atoms with van der Waals surface area (Å²) in [6.07, 6.45) is 3.48. The highest BCUT2D eigenvalue weighted by molar-refractivity contribution is 9.10. The molecule has 0 saturated carbocycles. The molecule has 0 bridgehead atoms. The van der Waals surface area contributed by atoms with E-state index in [4.69, 9.17) is 23.2 Å². The third kappa shape index (κ3) is 2.00. The lowest BCUT2D eigenvalue weighted by atomic mass is 10.2. The van der Waals surface area contributed by atoms with Crippen molar-refractivity contribution in [2.24, 2.45) is 0 Å². The molecule has 3 nitrogen and oxygen atoms in total. The molecule has 1 aromatic carbocycles. The summed E-state index contributed by atoms with van der Waals surface area (Å²) in [5, 5.41) is 1.07. The second kappa shape index (κ2) is 4.53. The van der Waals surface area contributed by atoms with Gasteiger partial charge in [0.05, 0.1) is 10.2 Å². The van der Waals surface area contributed by atoms with Crippen LogP contribution in [-0.2, 0) is 0 Å². The van der Waals surface area contributed by atoms with Gasteiger partial charge in [-0.05, 0) is 39.7 Å². The van der Waals surface area contributed by atoms with Gasteiger partial charge in [0.15, 0.2) is 5.65 Å². The molecule has 0 saturated heterocycles. The van der Waals surface area contributed by atoms with E-state index in [0.717, 1.165) is 21.4 Å². The van der Waals surface area contributed by atoms with Crippen LogP contribution in [0.15, 0.2) is 41.1 Å². The van der Waals surface area contributed by atoms with Crippen LogP contribution in [0.1, 0.15) is 0 Å². The molecule has 6 heteroatoms. The first-order valence-corrected chi connectivity index (χ1v) is 6.65. The number of fused-ring (bicyclic) bond motifs is 1. The van der Waals surface area contributed by atoms with Crippen molar-refractivity contribution in [3.63, 3.8) is 0 Å². The van der Waals surface area contributed by atoms with Gasteiger partial charge in [0.1, 0.15) is 0 Å². The lowest BCUT2D eigenvalue weighted by Crippen LogP contribution is -1.89. The maximum absolute atomic E-state index is 6.02. The van der Waals surface area contributed by atoms with E-state index in [1.165, 1.54) is 0 Å². The van der Waals surface area contributed by atoms with E-state index in [2.05, 4.69) is 25.9 Å². The molecule has 3 aromatic rings. The number of rotatable bonds is 1. The minimum Gasteiger partial charge on any atom is -0.273 e. The van der Waals surface area contributed by atoms with E-state index in [1.54, 1.807) is 10.6 Å². The highest BCUT2D eigenvalue weighted by Crippen LogP contribution is 2.26. The molecule has 0 unspecified atom stereocenters. The molecule has 0 spiro atoms. The summed E-state index contributed by atoms with van der Waals surface area (Å²) in [6.45, 7) is 0. The molecule has 2 heterocycles. The Hall–Kier alpha value is -1.10. The van der Waals surface area contributed by atoms with Crippen molar-refractivity contribution in [1.82, 2.24) is 14.4 Å². The van der Waals surface area contributed by atoms with Crippen LogP contribution in [0.4, 0.5) is 0 Å². The van der Waals surface area contributed by atoms with Gasteiger partial charge >= 0.3 is 0 Å². The molecule has 0 fully saturated rings. The molecule has 3 rings (SSSR count). The Kier molecular flexibility index (Phi) is 3.01. The molecule has 0 atom stereocenters. The normalized spacial score (nSPS) is 11.1. The Morgan fingerprint density at radius 1 is 1.11 bits per heavy atom. The summed E-state index contributed by atoms with van der Waals surface area (Å²) in [6, 6.07) is 7.49. The van der Waals surface area contributed by atoms with Crippen molar-refractivity contribution in [2.45, 2.75) is 0 Å². The van der Waals surface area contributed by atoms with E-state index >= 15 is 0 Å². The van der Waals surface area contributed by atoms with Gasteiger partial charge in [0, 0.05) is 23.0 Å². The number of hydrogen-bond donors (Lipinski definition) is 0. The topological polar surface area (TPSA) is 30.2 Å². The largest absolute Gasteiger partial charge is 0.273 e. The summed E-state index contributed by atoms with van der Waals surface area (Å²) in [5.41, 5.74) is 2.54. The Balaban J connectivity index is 2.22. The monoisotopic (exact) mass is 341 g/mol. The second-order valence-corrected chi connectivity index (χ2v) is 5.33. The van der Waals surface area contributed by atoms with Gasteiger partial charge < -0.3 is 0 Å². The van der Waals surface area contributed by atoms with Gasteiger partial charge in [-0.2, -0.15) is 0 Å². The van der Waals surface area contributed by atoms with Crippen molar-refractivity contribution in [2.75, 3.05) is 0 Å². The van der Waals surface area contributed by atoms with E-state index < -0.39 is 0 Å². The molecular weight excluding hydrogens is 337 g/mol. The molecule has 0 aliphatic carbocycles. The zero-order chi connectivity index (χ0) is 12.7. The van der Waals surface area contributed by atoms with Crippen LogP contribution in [-0.4, -0.2) is 14.4 Å². The van der Waals surface area contributed by atoms with Gasteiger partial charge in [0.2, 0.25) is 5.28 Å². The van der Waals surface area contributed by atoms with Crippen molar-refractivity contribution in [1.29, 1.82) is 0 Å². The SMILES string of the molecule is Clc1ccc(-c2cn3c(Cl)ncc(Br)c3n2)cc1. The van der Waals surface area contributed by atoms with Gasteiger partial charge in [-0.25, -0.2) is 9.97 Å². The predicted molar refractivity (Wildman–Crippen MR) is 76.1 cm³/mol. The van der Waals surface area contributed by atoms with Crippen LogP contribution >= 0.6 is 39.1 Å². The maximum Gasteiger partial charge on any atom is 0.208 e. The molecule has 90 valence electrons. The van der Waals surface area contributed by atoms with Crippen molar-refractivity contribution < 1.29 is 0 Å². The fourth-order valence-electron chi connectivity index (χ4n) is 1.68. The summed E-state index contributed by atoms with van der Waals surface area (Å²) in [7, 11) is 0. The highest BCUT2D eigenvalue weighted by Gasteiger charge is 2.09. The lowest BCUT2D eigenvalue weighted by Gasteiger charge is -1.96. The standard InChI is InChI=1S/C12H6BrCl2N3/c13-9-5-16-12(15)18-6-10(17-11(9)18)7-1-3-8(14)4-2-7/h1-6H. The molecule has 2 aromatic heterocycles. The second-order valence-electron chi connectivity index (χ2n) is 3.70. The summed E-state index contributed by atoms with van der Waals surface area (Å²) >= 11 is 15.3. The minimum absolute atomic E-state index is 0.376. The number of imidazole rings is 1. The first-order chi connectivity index (χ1) is 8.65. The van der Waals surface area contributed by atoms with Gasteiger partial charge in [-0.15, -0.1) is 0 Å². The van der Waals surface area contributed by atoms with Crippen LogP contribution < -0.4 is 0 Å². The quantitative estimate of drug-likeness (QED) is 0.611. The number of aromatic nitrogens is 3.